The second-order valence-corrected chi connectivity index (χ2v) is 9.84. The fourth-order valence-corrected chi connectivity index (χ4v) is 4.00. The minimum Gasteiger partial charge on any atom is -0.480 e. The standard InChI is InChI=1S/C31H32N2O3/c1-5-27(36-28-15-8-11-21-10-6-7-14-26(21)28)30(35)33-25-13-9-12-24(20-25)32-29(34)22-16-18-23(19-17-22)31(2,3)4/h6-20,27H,5H2,1-4H3,(H,32,34)(H,33,35). The molecule has 4 rings (SSSR count). The van der Waals surface area contributed by atoms with Gasteiger partial charge in [0.1, 0.15) is 5.75 Å². The van der Waals surface area contributed by atoms with Gasteiger partial charge in [0.05, 0.1) is 0 Å². The second-order valence-electron chi connectivity index (χ2n) is 9.84. The first-order valence-electron chi connectivity index (χ1n) is 12.2. The molecule has 0 aromatic heterocycles. The first-order valence-corrected chi connectivity index (χ1v) is 12.2. The monoisotopic (exact) mass is 480 g/mol. The molecule has 1 unspecified atom stereocenters. The largest absolute Gasteiger partial charge is 0.480 e. The first-order chi connectivity index (χ1) is 17.2. The Labute approximate surface area is 212 Å². The van der Waals surface area contributed by atoms with E-state index in [2.05, 4.69) is 31.4 Å². The molecule has 0 bridgehead atoms. The normalized spacial score (nSPS) is 12.1. The molecule has 184 valence electrons. The molecule has 5 heteroatoms. The van der Waals surface area contributed by atoms with Crippen molar-refractivity contribution in [3.05, 3.63) is 102 Å². The molecule has 0 spiro atoms. The van der Waals surface area contributed by atoms with Crippen LogP contribution >= 0.6 is 0 Å². The van der Waals surface area contributed by atoms with Gasteiger partial charge in [0, 0.05) is 22.3 Å². The van der Waals surface area contributed by atoms with Crippen molar-refractivity contribution in [2.24, 2.45) is 0 Å². The number of ether oxygens (including phenoxy) is 1. The lowest BCUT2D eigenvalue weighted by Gasteiger charge is -2.19. The molecule has 0 aliphatic heterocycles. The highest BCUT2D eigenvalue weighted by atomic mass is 16.5. The molecule has 2 amide bonds. The van der Waals surface area contributed by atoms with Crippen LogP contribution in [0.4, 0.5) is 11.4 Å². The van der Waals surface area contributed by atoms with E-state index in [4.69, 9.17) is 4.74 Å². The van der Waals surface area contributed by atoms with Gasteiger partial charge < -0.3 is 15.4 Å². The van der Waals surface area contributed by atoms with Crippen molar-refractivity contribution in [1.82, 2.24) is 0 Å². The van der Waals surface area contributed by atoms with Gasteiger partial charge in [-0.15, -0.1) is 0 Å². The van der Waals surface area contributed by atoms with Crippen LogP contribution < -0.4 is 15.4 Å². The van der Waals surface area contributed by atoms with E-state index >= 15 is 0 Å². The molecule has 5 nitrogen and oxygen atoms in total. The van der Waals surface area contributed by atoms with Crippen molar-refractivity contribution >= 4 is 34.0 Å². The Kier molecular flexibility index (Phi) is 7.39. The smallest absolute Gasteiger partial charge is 0.265 e. The van der Waals surface area contributed by atoms with Crippen molar-refractivity contribution in [2.75, 3.05) is 10.6 Å². The molecular weight excluding hydrogens is 448 g/mol. The van der Waals surface area contributed by atoms with Crippen molar-refractivity contribution < 1.29 is 14.3 Å². The van der Waals surface area contributed by atoms with Crippen molar-refractivity contribution in [3.63, 3.8) is 0 Å². The van der Waals surface area contributed by atoms with E-state index in [9.17, 15) is 9.59 Å². The molecule has 2 N–H and O–H groups in total. The summed E-state index contributed by atoms with van der Waals surface area (Å²) in [6, 6.07) is 28.5. The average Bonchev–Trinajstić information content (AvgIpc) is 2.87. The van der Waals surface area contributed by atoms with Crippen LogP contribution in [0.5, 0.6) is 5.75 Å². The van der Waals surface area contributed by atoms with Crippen LogP contribution in [0.25, 0.3) is 10.8 Å². The van der Waals surface area contributed by atoms with E-state index in [1.54, 1.807) is 24.3 Å². The number of benzene rings is 4. The summed E-state index contributed by atoms with van der Waals surface area (Å²) < 4.78 is 6.12. The minimum absolute atomic E-state index is 0.0230. The second kappa shape index (κ2) is 10.6. The van der Waals surface area contributed by atoms with Crippen LogP contribution in [0.3, 0.4) is 0 Å². The van der Waals surface area contributed by atoms with E-state index < -0.39 is 6.10 Å². The highest BCUT2D eigenvalue weighted by Crippen LogP contribution is 2.27. The maximum Gasteiger partial charge on any atom is 0.265 e. The fraction of sp³-hybridized carbons (Fsp3) is 0.226. The molecule has 0 heterocycles. The molecule has 0 saturated carbocycles. The van der Waals surface area contributed by atoms with Crippen LogP contribution in [0, 0.1) is 0 Å². The summed E-state index contributed by atoms with van der Waals surface area (Å²) in [5.41, 5.74) is 2.95. The third-order valence-electron chi connectivity index (χ3n) is 6.08. The minimum atomic E-state index is -0.657. The first kappa shape index (κ1) is 25.0. The van der Waals surface area contributed by atoms with Gasteiger partial charge in [-0.2, -0.15) is 0 Å². The Morgan fingerprint density at radius 2 is 1.44 bits per heavy atom. The fourth-order valence-electron chi connectivity index (χ4n) is 4.00. The molecule has 0 aliphatic carbocycles. The van der Waals surface area contributed by atoms with E-state index in [-0.39, 0.29) is 17.2 Å². The summed E-state index contributed by atoms with van der Waals surface area (Å²) >= 11 is 0. The van der Waals surface area contributed by atoms with Gasteiger partial charge in [0.25, 0.3) is 11.8 Å². The predicted molar refractivity (Wildman–Crippen MR) is 147 cm³/mol. The number of anilines is 2. The van der Waals surface area contributed by atoms with Crippen LogP contribution in [0.1, 0.15) is 50.0 Å². The predicted octanol–water partition coefficient (Wildman–Crippen LogP) is 7.19. The number of hydrogen-bond donors (Lipinski definition) is 2. The van der Waals surface area contributed by atoms with Crippen molar-refractivity contribution in [1.29, 1.82) is 0 Å². The quantitative estimate of drug-likeness (QED) is 0.294. The van der Waals surface area contributed by atoms with Crippen LogP contribution in [-0.4, -0.2) is 17.9 Å². The number of hydrogen-bond acceptors (Lipinski definition) is 3. The van der Waals surface area contributed by atoms with Gasteiger partial charge >= 0.3 is 0 Å². The molecular formula is C31H32N2O3. The number of carbonyl (C=O) groups excluding carboxylic acids is 2. The Morgan fingerprint density at radius 1 is 0.806 bits per heavy atom. The Morgan fingerprint density at radius 3 is 2.14 bits per heavy atom. The van der Waals surface area contributed by atoms with E-state index in [1.807, 2.05) is 73.7 Å². The molecule has 36 heavy (non-hydrogen) atoms. The highest BCUT2D eigenvalue weighted by Gasteiger charge is 2.20. The third kappa shape index (κ3) is 5.92. The molecule has 1 atom stereocenters. The summed E-state index contributed by atoms with van der Waals surface area (Å²) in [6.07, 6.45) is -0.147. The zero-order valence-electron chi connectivity index (χ0n) is 21.2. The molecule has 0 saturated heterocycles. The summed E-state index contributed by atoms with van der Waals surface area (Å²) in [5.74, 6) is 0.227. The Bertz CT molecular complexity index is 1370. The van der Waals surface area contributed by atoms with Crippen molar-refractivity contribution in [3.8, 4) is 5.75 Å². The maximum absolute atomic E-state index is 13.0. The Balaban J connectivity index is 1.43. The molecule has 0 fully saturated rings. The van der Waals surface area contributed by atoms with Crippen LogP contribution in [0.2, 0.25) is 0 Å². The lowest BCUT2D eigenvalue weighted by molar-refractivity contribution is -0.122. The SMILES string of the molecule is CCC(Oc1cccc2ccccc12)C(=O)Nc1cccc(NC(=O)c2ccc(C(C)(C)C)cc2)c1. The van der Waals surface area contributed by atoms with Gasteiger partial charge in [-0.3, -0.25) is 9.59 Å². The number of amides is 2. The summed E-state index contributed by atoms with van der Waals surface area (Å²) in [6.45, 7) is 8.32. The average molecular weight is 481 g/mol. The van der Waals surface area contributed by atoms with Gasteiger partial charge in [0.2, 0.25) is 0 Å². The lowest BCUT2D eigenvalue weighted by Crippen LogP contribution is -2.32. The molecule has 0 aliphatic rings. The van der Waals surface area contributed by atoms with Gasteiger partial charge in [-0.1, -0.05) is 82.3 Å². The highest BCUT2D eigenvalue weighted by molar-refractivity contribution is 6.05. The summed E-state index contributed by atoms with van der Waals surface area (Å²) in [5, 5.41) is 7.86. The lowest BCUT2D eigenvalue weighted by atomic mass is 9.87. The zero-order chi connectivity index (χ0) is 25.7. The number of rotatable bonds is 7. The van der Waals surface area contributed by atoms with Crippen LogP contribution in [-0.2, 0) is 10.2 Å². The number of fused-ring (bicyclic) bond motifs is 1. The topological polar surface area (TPSA) is 67.4 Å². The molecule has 4 aromatic rings. The van der Waals surface area contributed by atoms with E-state index in [1.165, 1.54) is 5.56 Å². The van der Waals surface area contributed by atoms with Gasteiger partial charge in [0.15, 0.2) is 6.10 Å². The van der Waals surface area contributed by atoms with Crippen molar-refractivity contribution in [2.45, 2.75) is 45.6 Å². The number of nitrogens with one attached hydrogen (secondary N) is 2. The van der Waals surface area contributed by atoms with Gasteiger partial charge in [-0.25, -0.2) is 0 Å². The van der Waals surface area contributed by atoms with E-state index in [0.29, 0.717) is 29.1 Å². The molecule has 0 radical (unpaired) electrons. The maximum atomic E-state index is 13.0. The Hall–Kier alpha value is -4.12. The van der Waals surface area contributed by atoms with Gasteiger partial charge in [-0.05, 0) is 59.2 Å². The molecule has 4 aromatic carbocycles. The number of carbonyl (C=O) groups is 2. The van der Waals surface area contributed by atoms with Crippen LogP contribution in [0.15, 0.2) is 91.0 Å². The summed E-state index contributed by atoms with van der Waals surface area (Å²) in [4.78, 5) is 25.8. The summed E-state index contributed by atoms with van der Waals surface area (Å²) in [7, 11) is 0. The zero-order valence-corrected chi connectivity index (χ0v) is 21.2. The van der Waals surface area contributed by atoms with E-state index in [0.717, 1.165) is 10.8 Å². The third-order valence-corrected chi connectivity index (χ3v) is 6.08.